The van der Waals surface area contributed by atoms with Crippen molar-refractivity contribution in [3.8, 4) is 11.6 Å². The highest BCUT2D eigenvalue weighted by molar-refractivity contribution is 7.20. The Kier molecular flexibility index (Phi) is 3.24. The van der Waals surface area contributed by atoms with E-state index in [1.165, 1.54) is 11.3 Å². The third-order valence-corrected chi connectivity index (χ3v) is 5.08. The number of H-pyrrole nitrogens is 1. The molecule has 1 aromatic carbocycles. The molecule has 0 fully saturated rings. The van der Waals surface area contributed by atoms with E-state index < -0.39 is 0 Å². The van der Waals surface area contributed by atoms with E-state index in [2.05, 4.69) is 15.3 Å². The van der Waals surface area contributed by atoms with E-state index >= 15 is 0 Å². The van der Waals surface area contributed by atoms with Crippen molar-refractivity contribution in [2.45, 2.75) is 6.92 Å². The number of carbonyl (C=O) groups is 1. The van der Waals surface area contributed by atoms with E-state index in [1.807, 2.05) is 30.3 Å². The number of nitrogens with zero attached hydrogens (tertiary/aromatic N) is 1. The van der Waals surface area contributed by atoms with Crippen molar-refractivity contribution in [3.05, 3.63) is 51.1 Å². The molecule has 0 aliphatic rings. The average Bonchev–Trinajstić information content (AvgIpc) is 3.15. The Morgan fingerprint density at radius 3 is 2.88 bits per heavy atom. The normalized spacial score (nSPS) is 11.2. The first-order valence-electron chi connectivity index (χ1n) is 7.33. The van der Waals surface area contributed by atoms with Gasteiger partial charge in [0.1, 0.15) is 10.4 Å². The van der Waals surface area contributed by atoms with Crippen molar-refractivity contribution in [1.29, 1.82) is 0 Å². The number of aromatic amines is 1. The number of para-hydroxylation sites is 1. The summed E-state index contributed by atoms with van der Waals surface area (Å²) >= 11 is 1.20. The van der Waals surface area contributed by atoms with E-state index in [0.717, 1.165) is 11.0 Å². The molecule has 0 bridgehead atoms. The van der Waals surface area contributed by atoms with Crippen LogP contribution in [-0.4, -0.2) is 22.9 Å². The number of rotatable bonds is 2. The third kappa shape index (κ3) is 2.13. The second-order valence-corrected chi connectivity index (χ2v) is 6.38. The van der Waals surface area contributed by atoms with Crippen LogP contribution in [0.3, 0.4) is 0 Å². The highest BCUT2D eigenvalue weighted by Gasteiger charge is 2.19. The van der Waals surface area contributed by atoms with Crippen LogP contribution in [0.1, 0.15) is 15.2 Å². The molecule has 7 heteroatoms. The topological polar surface area (TPSA) is 88.0 Å². The molecule has 0 unspecified atom stereocenters. The number of aromatic nitrogens is 2. The monoisotopic (exact) mass is 339 g/mol. The summed E-state index contributed by atoms with van der Waals surface area (Å²) in [6.07, 6.45) is 0. The lowest BCUT2D eigenvalue weighted by atomic mass is 10.2. The van der Waals surface area contributed by atoms with Gasteiger partial charge in [0.2, 0.25) is 0 Å². The van der Waals surface area contributed by atoms with Crippen molar-refractivity contribution in [2.24, 2.45) is 0 Å². The summed E-state index contributed by atoms with van der Waals surface area (Å²) in [6.45, 7) is 1.75. The van der Waals surface area contributed by atoms with Crippen LogP contribution in [0.4, 0.5) is 0 Å². The number of benzene rings is 1. The van der Waals surface area contributed by atoms with Crippen molar-refractivity contribution in [1.82, 2.24) is 15.3 Å². The molecule has 24 heavy (non-hydrogen) atoms. The molecule has 0 radical (unpaired) electrons. The van der Waals surface area contributed by atoms with Gasteiger partial charge in [0.25, 0.3) is 11.5 Å². The number of fused-ring (bicyclic) bond motifs is 2. The Bertz CT molecular complexity index is 1120. The maximum absolute atomic E-state index is 12.5. The molecule has 0 saturated carbocycles. The maximum Gasteiger partial charge on any atom is 0.261 e. The zero-order valence-corrected chi connectivity index (χ0v) is 13.8. The van der Waals surface area contributed by atoms with Crippen molar-refractivity contribution in [2.75, 3.05) is 7.05 Å². The first-order valence-corrected chi connectivity index (χ1v) is 8.14. The van der Waals surface area contributed by atoms with Crippen LogP contribution in [-0.2, 0) is 0 Å². The second kappa shape index (κ2) is 5.31. The Hall–Kier alpha value is -2.93. The average molecular weight is 339 g/mol. The minimum Gasteiger partial charge on any atom is -0.453 e. The summed E-state index contributed by atoms with van der Waals surface area (Å²) in [6, 6.07) is 9.42. The Morgan fingerprint density at radius 2 is 2.12 bits per heavy atom. The number of hydrogen-bond acceptors (Lipinski definition) is 5. The van der Waals surface area contributed by atoms with Crippen molar-refractivity contribution in [3.63, 3.8) is 0 Å². The first kappa shape index (κ1) is 14.6. The summed E-state index contributed by atoms with van der Waals surface area (Å²) in [5.74, 6) is 0.622. The van der Waals surface area contributed by atoms with Crippen LogP contribution < -0.4 is 10.9 Å². The summed E-state index contributed by atoms with van der Waals surface area (Å²) in [7, 11) is 1.56. The second-order valence-electron chi connectivity index (χ2n) is 5.38. The number of carbonyl (C=O) groups excluding carboxylic acids is 1. The van der Waals surface area contributed by atoms with Gasteiger partial charge in [-0.25, -0.2) is 4.98 Å². The molecule has 3 aromatic heterocycles. The summed E-state index contributed by atoms with van der Waals surface area (Å²) in [5, 5.41) is 3.96. The van der Waals surface area contributed by atoms with Gasteiger partial charge in [-0.1, -0.05) is 18.2 Å². The minimum atomic E-state index is -0.278. The van der Waals surface area contributed by atoms with Gasteiger partial charge < -0.3 is 14.7 Å². The number of aryl methyl sites for hydroxylation is 1. The molecule has 4 aromatic rings. The van der Waals surface area contributed by atoms with E-state index in [9.17, 15) is 9.59 Å². The summed E-state index contributed by atoms with van der Waals surface area (Å²) < 4.78 is 5.76. The first-order chi connectivity index (χ1) is 11.6. The molecule has 0 aliphatic carbocycles. The molecule has 0 saturated heterocycles. The van der Waals surface area contributed by atoms with Gasteiger partial charge in [0.05, 0.1) is 10.3 Å². The summed E-state index contributed by atoms with van der Waals surface area (Å²) in [4.78, 5) is 32.7. The molecule has 0 aliphatic heterocycles. The number of furan rings is 1. The smallest absolute Gasteiger partial charge is 0.261 e. The lowest BCUT2D eigenvalue weighted by molar-refractivity contribution is 0.0966. The van der Waals surface area contributed by atoms with Gasteiger partial charge in [-0.15, -0.1) is 11.3 Å². The molecule has 0 spiro atoms. The Balaban J connectivity index is 1.94. The largest absolute Gasteiger partial charge is 0.453 e. The van der Waals surface area contributed by atoms with Crippen molar-refractivity contribution < 1.29 is 9.21 Å². The number of hydrogen-bond donors (Lipinski definition) is 2. The number of nitrogens with one attached hydrogen (secondary N) is 2. The SMILES string of the molecule is CNC(=O)c1sc2nc(-c3cc4ccccc4o3)[nH]c(=O)c2c1C. The number of amides is 1. The lowest BCUT2D eigenvalue weighted by Gasteiger charge is -1.97. The van der Waals surface area contributed by atoms with Gasteiger partial charge in [-0.3, -0.25) is 9.59 Å². The van der Waals surface area contributed by atoms with Crippen LogP contribution >= 0.6 is 11.3 Å². The van der Waals surface area contributed by atoms with E-state index in [1.54, 1.807) is 14.0 Å². The van der Waals surface area contributed by atoms with Gasteiger partial charge >= 0.3 is 0 Å². The molecule has 120 valence electrons. The molecule has 0 atom stereocenters. The fourth-order valence-corrected chi connectivity index (χ4v) is 3.82. The molecule has 6 nitrogen and oxygen atoms in total. The zero-order chi connectivity index (χ0) is 16.8. The lowest BCUT2D eigenvalue weighted by Crippen LogP contribution is -2.17. The quantitative estimate of drug-likeness (QED) is 0.587. The highest BCUT2D eigenvalue weighted by Crippen LogP contribution is 2.30. The number of thiophene rings is 1. The molecular weight excluding hydrogens is 326 g/mol. The van der Waals surface area contributed by atoms with Crippen LogP contribution in [0.25, 0.3) is 32.8 Å². The predicted octanol–water partition coefficient (Wildman–Crippen LogP) is 3.07. The molecular formula is C17H13N3O3S. The standard InChI is InChI=1S/C17H13N3O3S/c1-8-12-15(21)19-14(20-17(12)24-13(8)16(22)18-2)11-7-9-5-3-4-6-10(9)23-11/h3-7H,1-2H3,(H,18,22)(H,19,20,21). The minimum absolute atomic E-state index is 0.222. The van der Waals surface area contributed by atoms with Crippen LogP contribution in [0, 0.1) is 6.92 Å². The zero-order valence-electron chi connectivity index (χ0n) is 13.0. The van der Waals surface area contributed by atoms with Gasteiger partial charge in [-0.2, -0.15) is 0 Å². The van der Waals surface area contributed by atoms with Crippen molar-refractivity contribution >= 4 is 38.4 Å². The fourth-order valence-electron chi connectivity index (χ4n) is 2.69. The van der Waals surface area contributed by atoms with Gasteiger partial charge in [-0.05, 0) is 24.6 Å². The van der Waals surface area contributed by atoms with Crippen LogP contribution in [0.15, 0.2) is 39.5 Å². The molecule has 2 N–H and O–H groups in total. The van der Waals surface area contributed by atoms with Gasteiger partial charge in [0.15, 0.2) is 11.6 Å². The fraction of sp³-hybridized carbons (Fsp3) is 0.118. The van der Waals surface area contributed by atoms with E-state index in [0.29, 0.717) is 32.2 Å². The van der Waals surface area contributed by atoms with Gasteiger partial charge in [0, 0.05) is 12.4 Å². The van der Waals surface area contributed by atoms with E-state index in [4.69, 9.17) is 4.42 Å². The molecule has 1 amide bonds. The highest BCUT2D eigenvalue weighted by atomic mass is 32.1. The van der Waals surface area contributed by atoms with Crippen LogP contribution in [0.2, 0.25) is 0 Å². The maximum atomic E-state index is 12.5. The van der Waals surface area contributed by atoms with E-state index in [-0.39, 0.29) is 11.5 Å². The third-order valence-electron chi connectivity index (χ3n) is 3.89. The Labute approximate surface area is 140 Å². The Morgan fingerprint density at radius 1 is 1.33 bits per heavy atom. The molecule has 3 heterocycles. The predicted molar refractivity (Wildman–Crippen MR) is 93.6 cm³/mol. The molecule has 4 rings (SSSR count). The van der Waals surface area contributed by atoms with Crippen LogP contribution in [0.5, 0.6) is 0 Å². The summed E-state index contributed by atoms with van der Waals surface area (Å²) in [5.41, 5.74) is 1.09.